The van der Waals surface area contributed by atoms with Crippen molar-refractivity contribution in [2.45, 2.75) is 45.7 Å². The summed E-state index contributed by atoms with van der Waals surface area (Å²) in [4.78, 5) is 21.3. The fourth-order valence-corrected chi connectivity index (χ4v) is 4.05. The SMILES string of the molecule is CCCCn1nc(C)c(C(=O)N[C@H](Cc2ccccc2)c2nc3ccccc3[nH]2)c1Cl. The Labute approximate surface area is 186 Å². The maximum atomic E-state index is 13.3. The summed E-state index contributed by atoms with van der Waals surface area (Å²) in [6.07, 6.45) is 2.59. The molecule has 4 aromatic rings. The molecule has 0 unspecified atom stereocenters. The minimum Gasteiger partial charge on any atom is -0.342 e. The number of unbranched alkanes of at least 4 members (excludes halogenated alkanes) is 1. The van der Waals surface area contributed by atoms with Crippen molar-refractivity contribution in [3.63, 3.8) is 0 Å². The van der Waals surface area contributed by atoms with Gasteiger partial charge in [-0.1, -0.05) is 67.4 Å². The average molecular weight is 436 g/mol. The summed E-state index contributed by atoms with van der Waals surface area (Å²) in [5, 5.41) is 7.99. The molecule has 0 aliphatic heterocycles. The van der Waals surface area contributed by atoms with Gasteiger partial charge in [-0.25, -0.2) is 4.98 Å². The number of H-pyrrole nitrogens is 1. The molecule has 0 aliphatic rings. The van der Waals surface area contributed by atoms with Gasteiger partial charge in [0.25, 0.3) is 5.91 Å². The molecule has 0 radical (unpaired) electrons. The van der Waals surface area contributed by atoms with E-state index in [0.717, 1.165) is 29.4 Å². The van der Waals surface area contributed by atoms with Crippen molar-refractivity contribution < 1.29 is 4.79 Å². The number of para-hydroxylation sites is 2. The molecule has 0 spiro atoms. The molecule has 7 heteroatoms. The summed E-state index contributed by atoms with van der Waals surface area (Å²) >= 11 is 6.53. The Balaban J connectivity index is 1.64. The first-order valence-corrected chi connectivity index (χ1v) is 11.0. The molecule has 0 saturated heterocycles. The number of halogens is 1. The smallest absolute Gasteiger partial charge is 0.256 e. The second kappa shape index (κ2) is 9.35. The molecule has 160 valence electrons. The van der Waals surface area contributed by atoms with Crippen molar-refractivity contribution in [2.75, 3.05) is 0 Å². The monoisotopic (exact) mass is 435 g/mol. The molecule has 2 aromatic heterocycles. The Hall–Kier alpha value is -3.12. The van der Waals surface area contributed by atoms with Crippen LogP contribution in [0.1, 0.15) is 53.2 Å². The van der Waals surface area contributed by atoms with E-state index in [1.54, 1.807) is 4.68 Å². The fourth-order valence-electron chi connectivity index (χ4n) is 3.70. The van der Waals surface area contributed by atoms with Crippen molar-refractivity contribution in [3.05, 3.63) is 82.4 Å². The summed E-state index contributed by atoms with van der Waals surface area (Å²) in [5.41, 5.74) is 3.96. The third-order valence-corrected chi connectivity index (χ3v) is 5.73. The molecule has 6 nitrogen and oxygen atoms in total. The van der Waals surface area contributed by atoms with Gasteiger partial charge in [0.15, 0.2) is 0 Å². The molecule has 0 saturated carbocycles. The zero-order chi connectivity index (χ0) is 21.8. The minimum atomic E-state index is -0.336. The number of carbonyl (C=O) groups is 1. The molecule has 4 rings (SSSR count). The number of aryl methyl sites for hydroxylation is 2. The lowest BCUT2D eigenvalue weighted by atomic mass is 10.0. The molecule has 2 heterocycles. The molecule has 1 amide bonds. The number of fused-ring (bicyclic) bond motifs is 1. The van der Waals surface area contributed by atoms with Gasteiger partial charge < -0.3 is 10.3 Å². The second-order valence-electron chi connectivity index (χ2n) is 7.68. The Bertz CT molecular complexity index is 1150. The van der Waals surface area contributed by atoms with Crippen LogP contribution in [0.25, 0.3) is 11.0 Å². The van der Waals surface area contributed by atoms with Gasteiger partial charge in [0, 0.05) is 6.54 Å². The van der Waals surface area contributed by atoms with Crippen LogP contribution in [0.15, 0.2) is 54.6 Å². The van der Waals surface area contributed by atoms with Crippen molar-refractivity contribution in [3.8, 4) is 0 Å². The summed E-state index contributed by atoms with van der Waals surface area (Å²) in [7, 11) is 0. The number of benzene rings is 2. The number of aromatic nitrogens is 4. The third kappa shape index (κ3) is 4.64. The topological polar surface area (TPSA) is 75.6 Å². The van der Waals surface area contributed by atoms with Crippen LogP contribution in [0.2, 0.25) is 5.15 Å². The quantitative estimate of drug-likeness (QED) is 0.397. The molecule has 1 atom stereocenters. The first-order chi connectivity index (χ1) is 15.1. The van der Waals surface area contributed by atoms with E-state index in [1.807, 2.05) is 61.5 Å². The number of imidazole rings is 1. The predicted octanol–water partition coefficient (Wildman–Crippen LogP) is 5.24. The van der Waals surface area contributed by atoms with E-state index in [9.17, 15) is 4.79 Å². The van der Waals surface area contributed by atoms with Gasteiger partial charge in [0.05, 0.1) is 28.3 Å². The Morgan fingerprint density at radius 2 is 1.90 bits per heavy atom. The number of amides is 1. The van der Waals surface area contributed by atoms with Crippen molar-refractivity contribution in [1.29, 1.82) is 0 Å². The van der Waals surface area contributed by atoms with E-state index in [0.29, 0.717) is 35.2 Å². The number of nitrogens with one attached hydrogen (secondary N) is 2. The van der Waals surface area contributed by atoms with Gasteiger partial charge in [0.2, 0.25) is 0 Å². The van der Waals surface area contributed by atoms with Crippen LogP contribution in [-0.4, -0.2) is 25.7 Å². The second-order valence-corrected chi connectivity index (χ2v) is 8.04. The lowest BCUT2D eigenvalue weighted by Crippen LogP contribution is -2.31. The van der Waals surface area contributed by atoms with Crippen LogP contribution >= 0.6 is 11.6 Å². The molecule has 0 aliphatic carbocycles. The molecule has 2 aromatic carbocycles. The van der Waals surface area contributed by atoms with Gasteiger partial charge in [0.1, 0.15) is 11.0 Å². The van der Waals surface area contributed by atoms with E-state index >= 15 is 0 Å². The number of hydrogen-bond donors (Lipinski definition) is 2. The van der Waals surface area contributed by atoms with Crippen LogP contribution in [-0.2, 0) is 13.0 Å². The largest absolute Gasteiger partial charge is 0.342 e. The first kappa shape index (κ1) is 21.1. The Morgan fingerprint density at radius 3 is 2.65 bits per heavy atom. The summed E-state index contributed by atoms with van der Waals surface area (Å²) in [6.45, 7) is 4.62. The highest BCUT2D eigenvalue weighted by molar-refractivity contribution is 6.33. The fraction of sp³-hybridized carbons (Fsp3) is 0.292. The van der Waals surface area contributed by atoms with Crippen LogP contribution in [0.3, 0.4) is 0 Å². The molecule has 2 N–H and O–H groups in total. The van der Waals surface area contributed by atoms with E-state index in [-0.39, 0.29) is 11.9 Å². The lowest BCUT2D eigenvalue weighted by Gasteiger charge is -2.17. The highest BCUT2D eigenvalue weighted by Crippen LogP contribution is 2.24. The van der Waals surface area contributed by atoms with Crippen molar-refractivity contribution in [2.24, 2.45) is 0 Å². The Kier molecular flexibility index (Phi) is 6.37. The van der Waals surface area contributed by atoms with Gasteiger partial charge >= 0.3 is 0 Å². The number of rotatable bonds is 8. The van der Waals surface area contributed by atoms with Crippen LogP contribution < -0.4 is 5.32 Å². The van der Waals surface area contributed by atoms with Crippen molar-refractivity contribution in [1.82, 2.24) is 25.1 Å². The zero-order valence-electron chi connectivity index (χ0n) is 17.7. The molecular formula is C24H26ClN5O. The summed E-state index contributed by atoms with van der Waals surface area (Å²) in [5.74, 6) is 0.470. The van der Waals surface area contributed by atoms with E-state index in [4.69, 9.17) is 16.6 Å². The van der Waals surface area contributed by atoms with E-state index in [2.05, 4.69) is 22.3 Å². The summed E-state index contributed by atoms with van der Waals surface area (Å²) in [6, 6.07) is 17.6. The van der Waals surface area contributed by atoms with E-state index in [1.165, 1.54) is 0 Å². The van der Waals surface area contributed by atoms with Crippen LogP contribution in [0.5, 0.6) is 0 Å². The highest BCUT2D eigenvalue weighted by atomic mass is 35.5. The Morgan fingerprint density at radius 1 is 1.16 bits per heavy atom. The van der Waals surface area contributed by atoms with Crippen LogP contribution in [0, 0.1) is 6.92 Å². The van der Waals surface area contributed by atoms with Gasteiger partial charge in [-0.3, -0.25) is 9.48 Å². The van der Waals surface area contributed by atoms with Gasteiger partial charge in [-0.05, 0) is 37.5 Å². The van der Waals surface area contributed by atoms with Crippen molar-refractivity contribution >= 4 is 28.5 Å². The van der Waals surface area contributed by atoms with Crippen LogP contribution in [0.4, 0.5) is 0 Å². The number of aromatic amines is 1. The van der Waals surface area contributed by atoms with Gasteiger partial charge in [-0.15, -0.1) is 0 Å². The number of nitrogens with zero attached hydrogens (tertiary/aromatic N) is 3. The lowest BCUT2D eigenvalue weighted by molar-refractivity contribution is 0.0934. The maximum Gasteiger partial charge on any atom is 0.256 e. The van der Waals surface area contributed by atoms with E-state index < -0.39 is 0 Å². The number of hydrogen-bond acceptors (Lipinski definition) is 3. The molecule has 0 fully saturated rings. The average Bonchev–Trinajstić information content (AvgIpc) is 3.33. The number of carbonyl (C=O) groups excluding carboxylic acids is 1. The zero-order valence-corrected chi connectivity index (χ0v) is 18.5. The van der Waals surface area contributed by atoms with Gasteiger partial charge in [-0.2, -0.15) is 5.10 Å². The molecule has 31 heavy (non-hydrogen) atoms. The molecule has 0 bridgehead atoms. The minimum absolute atomic E-state index is 0.244. The summed E-state index contributed by atoms with van der Waals surface area (Å²) < 4.78 is 1.71. The predicted molar refractivity (Wildman–Crippen MR) is 123 cm³/mol. The normalized spacial score (nSPS) is 12.2. The maximum absolute atomic E-state index is 13.3. The third-order valence-electron chi connectivity index (χ3n) is 5.34. The molecular weight excluding hydrogens is 410 g/mol. The highest BCUT2D eigenvalue weighted by Gasteiger charge is 2.25. The standard InChI is InChI=1S/C24H26ClN5O/c1-3-4-14-30-22(25)21(16(2)29-30)24(31)28-20(15-17-10-6-5-7-11-17)23-26-18-12-8-9-13-19(18)27-23/h5-13,20H,3-4,14-15H2,1-2H3,(H,26,27)(H,28,31)/t20-/m1/s1. The first-order valence-electron chi connectivity index (χ1n) is 10.6.